The van der Waals surface area contributed by atoms with E-state index in [4.69, 9.17) is 21.1 Å². The summed E-state index contributed by atoms with van der Waals surface area (Å²) in [7, 11) is 1.51. The van der Waals surface area contributed by atoms with Crippen molar-refractivity contribution >= 4 is 34.7 Å². The highest BCUT2D eigenvalue weighted by Gasteiger charge is 2.22. The van der Waals surface area contributed by atoms with Crippen LogP contribution < -0.4 is 4.74 Å². The van der Waals surface area contributed by atoms with Crippen molar-refractivity contribution in [3.8, 4) is 5.75 Å². The Bertz CT molecular complexity index is 812. The zero-order chi connectivity index (χ0) is 18.0. The number of halogens is 1. The van der Waals surface area contributed by atoms with E-state index in [1.807, 2.05) is 6.07 Å². The normalized spacial score (nSPS) is 16.2. The zero-order valence-corrected chi connectivity index (χ0v) is 15.7. The molecule has 4 nitrogen and oxygen atoms in total. The van der Waals surface area contributed by atoms with Crippen LogP contribution in [0.5, 0.6) is 5.75 Å². The minimum atomic E-state index is -0.444. The van der Waals surface area contributed by atoms with Crippen molar-refractivity contribution < 1.29 is 19.1 Å². The van der Waals surface area contributed by atoms with Crippen LogP contribution in [0.15, 0.2) is 24.3 Å². The number of carbonyl (C=O) groups is 2. The number of ether oxygens (including phenoxy) is 2. The first-order valence-electron chi connectivity index (χ1n) is 8.13. The Morgan fingerprint density at radius 3 is 2.84 bits per heavy atom. The summed E-state index contributed by atoms with van der Waals surface area (Å²) >= 11 is 7.50. The van der Waals surface area contributed by atoms with Gasteiger partial charge in [0.2, 0.25) is 0 Å². The zero-order valence-electron chi connectivity index (χ0n) is 14.1. The summed E-state index contributed by atoms with van der Waals surface area (Å²) < 4.78 is 10.2. The molecule has 0 radical (unpaired) electrons. The molecule has 0 saturated carbocycles. The topological polar surface area (TPSA) is 52.6 Å². The number of esters is 1. The minimum Gasteiger partial charge on any atom is -0.495 e. The van der Waals surface area contributed by atoms with Crippen LogP contribution in [0.1, 0.15) is 43.8 Å². The van der Waals surface area contributed by atoms with Crippen LogP contribution in [-0.4, -0.2) is 25.5 Å². The molecule has 1 aliphatic carbocycles. The summed E-state index contributed by atoms with van der Waals surface area (Å²) in [6.07, 6.45) is 3.17. The SMILES string of the molecule is COc1ccc(C(=O)COC(=O)c2cc3c(s2)CC[C@@H](C)C3)cc1Cl. The molecule has 1 aromatic carbocycles. The van der Waals surface area contributed by atoms with E-state index >= 15 is 0 Å². The fraction of sp³-hybridized carbons (Fsp3) is 0.368. The Morgan fingerprint density at radius 1 is 1.32 bits per heavy atom. The van der Waals surface area contributed by atoms with Crippen molar-refractivity contribution in [2.75, 3.05) is 13.7 Å². The van der Waals surface area contributed by atoms with Crippen molar-refractivity contribution in [1.29, 1.82) is 0 Å². The van der Waals surface area contributed by atoms with Crippen LogP contribution in [0.25, 0.3) is 0 Å². The molecule has 6 heteroatoms. The molecular weight excluding hydrogens is 360 g/mol. The highest BCUT2D eigenvalue weighted by Crippen LogP contribution is 2.32. The van der Waals surface area contributed by atoms with Gasteiger partial charge in [0.05, 0.1) is 12.1 Å². The molecule has 25 heavy (non-hydrogen) atoms. The smallest absolute Gasteiger partial charge is 0.348 e. The van der Waals surface area contributed by atoms with Gasteiger partial charge in [-0.1, -0.05) is 18.5 Å². The highest BCUT2D eigenvalue weighted by molar-refractivity contribution is 7.14. The molecule has 3 rings (SSSR count). The third kappa shape index (κ3) is 4.05. The largest absolute Gasteiger partial charge is 0.495 e. The van der Waals surface area contributed by atoms with E-state index in [1.165, 1.54) is 35.0 Å². The lowest BCUT2D eigenvalue weighted by Crippen LogP contribution is -2.13. The second-order valence-corrected chi connectivity index (χ2v) is 7.80. The summed E-state index contributed by atoms with van der Waals surface area (Å²) in [6.45, 7) is 1.91. The fourth-order valence-corrected chi connectivity index (χ4v) is 4.29. The van der Waals surface area contributed by atoms with Crippen molar-refractivity contribution in [2.45, 2.75) is 26.2 Å². The maximum absolute atomic E-state index is 12.2. The van der Waals surface area contributed by atoms with Crippen molar-refractivity contribution in [3.05, 3.63) is 50.2 Å². The van der Waals surface area contributed by atoms with Crippen molar-refractivity contribution in [3.63, 3.8) is 0 Å². The number of ketones is 1. The van der Waals surface area contributed by atoms with Crippen LogP contribution in [-0.2, 0) is 17.6 Å². The lowest BCUT2D eigenvalue weighted by Gasteiger charge is -2.16. The molecule has 0 bridgehead atoms. The minimum absolute atomic E-state index is 0.298. The van der Waals surface area contributed by atoms with Gasteiger partial charge in [-0.15, -0.1) is 11.3 Å². The second kappa shape index (κ2) is 7.58. The summed E-state index contributed by atoms with van der Waals surface area (Å²) in [5.41, 5.74) is 1.63. The van der Waals surface area contributed by atoms with Crippen molar-refractivity contribution in [1.82, 2.24) is 0 Å². The number of aryl methyl sites for hydroxylation is 1. The molecule has 0 aliphatic heterocycles. The lowest BCUT2D eigenvalue weighted by atomic mass is 9.90. The molecule has 1 heterocycles. The van der Waals surface area contributed by atoms with Crippen LogP contribution in [0.3, 0.4) is 0 Å². The quantitative estimate of drug-likeness (QED) is 0.564. The van der Waals surface area contributed by atoms with Gasteiger partial charge in [0.1, 0.15) is 10.6 Å². The van der Waals surface area contributed by atoms with Gasteiger partial charge in [-0.05, 0) is 55.0 Å². The van der Waals surface area contributed by atoms with Gasteiger partial charge < -0.3 is 9.47 Å². The fourth-order valence-electron chi connectivity index (χ4n) is 2.93. The summed E-state index contributed by atoms with van der Waals surface area (Å²) in [4.78, 5) is 26.3. The first kappa shape index (κ1) is 18.0. The maximum Gasteiger partial charge on any atom is 0.348 e. The Labute approximate surface area is 155 Å². The Morgan fingerprint density at radius 2 is 2.12 bits per heavy atom. The molecule has 0 amide bonds. The number of methoxy groups -OCH3 is 1. The molecule has 132 valence electrons. The number of rotatable bonds is 5. The summed E-state index contributed by atoms with van der Waals surface area (Å²) in [6, 6.07) is 6.65. The average molecular weight is 379 g/mol. The first-order chi connectivity index (χ1) is 12.0. The van der Waals surface area contributed by atoms with Gasteiger partial charge in [0, 0.05) is 10.4 Å². The lowest BCUT2D eigenvalue weighted by molar-refractivity contribution is 0.0479. The van der Waals surface area contributed by atoms with E-state index in [0.717, 1.165) is 19.3 Å². The molecular formula is C19H19ClO4S. The predicted molar refractivity (Wildman–Crippen MR) is 98.1 cm³/mol. The Balaban J connectivity index is 1.62. The summed E-state index contributed by atoms with van der Waals surface area (Å²) in [5.74, 6) is 0.397. The van der Waals surface area contributed by atoms with Crippen LogP contribution >= 0.6 is 22.9 Å². The van der Waals surface area contributed by atoms with Gasteiger partial charge in [-0.2, -0.15) is 0 Å². The summed E-state index contributed by atoms with van der Waals surface area (Å²) in [5, 5.41) is 0.347. The van der Waals surface area contributed by atoms with E-state index in [9.17, 15) is 9.59 Å². The number of fused-ring (bicyclic) bond motifs is 1. The molecule has 0 saturated heterocycles. The molecule has 0 fully saturated rings. The van der Waals surface area contributed by atoms with Gasteiger partial charge in [0.15, 0.2) is 12.4 Å². The number of benzene rings is 1. The third-order valence-corrected chi connectivity index (χ3v) is 5.85. The molecule has 0 spiro atoms. The van der Waals surface area contributed by atoms with Gasteiger partial charge >= 0.3 is 5.97 Å². The van der Waals surface area contributed by atoms with E-state index < -0.39 is 5.97 Å². The molecule has 1 aromatic heterocycles. The van der Waals surface area contributed by atoms with Crippen LogP contribution in [0.4, 0.5) is 0 Å². The predicted octanol–water partition coefficient (Wildman–Crippen LogP) is 4.57. The number of thiophene rings is 1. The van der Waals surface area contributed by atoms with Crippen molar-refractivity contribution in [2.24, 2.45) is 5.92 Å². The number of Topliss-reactive ketones (excluding diaryl/α,β-unsaturated/α-hetero) is 1. The van der Waals surface area contributed by atoms with E-state index in [-0.39, 0.29) is 12.4 Å². The average Bonchev–Trinajstić information content (AvgIpc) is 3.02. The number of carbonyl (C=O) groups excluding carboxylic acids is 2. The van der Waals surface area contributed by atoms with Crippen LogP contribution in [0.2, 0.25) is 5.02 Å². The van der Waals surface area contributed by atoms with Gasteiger partial charge in [-0.3, -0.25) is 4.79 Å². The van der Waals surface area contributed by atoms with E-state index in [0.29, 0.717) is 27.1 Å². The van der Waals surface area contributed by atoms with Gasteiger partial charge in [-0.25, -0.2) is 4.79 Å². The standard InChI is InChI=1S/C19H19ClO4S/c1-11-3-6-17-13(7-11)9-18(25-17)19(22)24-10-15(21)12-4-5-16(23-2)14(20)8-12/h4-5,8-9,11H,3,6-7,10H2,1-2H3/t11-/m1/s1. The van der Waals surface area contributed by atoms with E-state index in [2.05, 4.69) is 6.92 Å². The number of hydrogen-bond donors (Lipinski definition) is 0. The third-order valence-electron chi connectivity index (χ3n) is 4.34. The van der Waals surface area contributed by atoms with Gasteiger partial charge in [0.25, 0.3) is 0 Å². The van der Waals surface area contributed by atoms with Crippen LogP contribution in [0, 0.1) is 5.92 Å². The second-order valence-electron chi connectivity index (χ2n) is 6.26. The molecule has 2 aromatic rings. The monoisotopic (exact) mass is 378 g/mol. The number of hydrogen-bond acceptors (Lipinski definition) is 5. The van der Waals surface area contributed by atoms with E-state index in [1.54, 1.807) is 12.1 Å². The molecule has 1 aliphatic rings. The first-order valence-corrected chi connectivity index (χ1v) is 9.33. The highest BCUT2D eigenvalue weighted by atomic mass is 35.5. The Hall–Kier alpha value is -1.85. The molecule has 0 N–H and O–H groups in total. The molecule has 1 atom stereocenters. The molecule has 0 unspecified atom stereocenters. The Kier molecular flexibility index (Phi) is 5.45. The maximum atomic E-state index is 12.2.